The maximum Gasteiger partial charge on any atom is 0.418 e. The fraction of sp³-hybridized carbons (Fsp3) is 0.179. The predicted molar refractivity (Wildman–Crippen MR) is 147 cm³/mol. The minimum absolute atomic E-state index is 0.122. The number of alkyl halides is 3. The molecule has 2 amide bonds. The molecule has 2 heterocycles. The summed E-state index contributed by atoms with van der Waals surface area (Å²) in [6.45, 7) is 6.62. The van der Waals surface area contributed by atoms with Gasteiger partial charge >= 0.3 is 12.2 Å². The molecular weight excluding hydrogens is 525 g/mol. The van der Waals surface area contributed by atoms with Gasteiger partial charge in [-0.1, -0.05) is 23.8 Å². The smallest absolute Gasteiger partial charge is 0.340 e. The molecule has 0 bridgehead atoms. The second kappa shape index (κ2) is 15.4. The average Bonchev–Trinajstić information content (AvgIpc) is 2.95. The third-order valence-corrected chi connectivity index (χ3v) is 5.12. The predicted octanol–water partition coefficient (Wildman–Crippen LogP) is 5.27. The summed E-state index contributed by atoms with van der Waals surface area (Å²) in [5.74, 6) is 2.13. The third kappa shape index (κ3) is 9.03. The van der Waals surface area contributed by atoms with Crippen LogP contribution in [0.2, 0.25) is 0 Å². The van der Waals surface area contributed by atoms with Gasteiger partial charge in [0.1, 0.15) is 24.9 Å². The van der Waals surface area contributed by atoms with Gasteiger partial charge in [0.15, 0.2) is 0 Å². The molecule has 3 N–H and O–H groups in total. The van der Waals surface area contributed by atoms with Crippen LogP contribution in [0.25, 0.3) is 22.2 Å². The van der Waals surface area contributed by atoms with Crippen LogP contribution in [0, 0.1) is 6.92 Å². The summed E-state index contributed by atoms with van der Waals surface area (Å²) in [6, 6.07) is 14.7. The SMILES string of the molecule is C=O.CCNC(=O)NCC=C=O.Cc1ccc(Nc2ncnc3cc(-c4ncccc4C(F)(F)F)ccc23)cc1. The van der Waals surface area contributed by atoms with E-state index in [1.54, 1.807) is 24.1 Å². The van der Waals surface area contributed by atoms with Gasteiger partial charge in [0.2, 0.25) is 0 Å². The highest BCUT2D eigenvalue weighted by atomic mass is 19.4. The number of hydrogen-bond donors (Lipinski definition) is 3. The number of fused-ring (bicyclic) bond motifs is 1. The molecule has 0 radical (unpaired) electrons. The van der Waals surface area contributed by atoms with Crippen molar-refractivity contribution in [2.75, 3.05) is 18.4 Å². The molecule has 0 spiro atoms. The number of carbonyl (C=O) groups is 2. The van der Waals surface area contributed by atoms with E-state index in [-0.39, 0.29) is 18.3 Å². The van der Waals surface area contributed by atoms with Gasteiger partial charge in [-0.25, -0.2) is 19.6 Å². The van der Waals surface area contributed by atoms with E-state index in [0.717, 1.165) is 17.3 Å². The van der Waals surface area contributed by atoms with Gasteiger partial charge in [0, 0.05) is 42.0 Å². The molecule has 0 aliphatic rings. The normalized spacial score (nSPS) is 10.1. The van der Waals surface area contributed by atoms with Crippen molar-refractivity contribution < 1.29 is 27.6 Å². The van der Waals surface area contributed by atoms with Gasteiger partial charge in [-0.3, -0.25) is 4.98 Å². The molecule has 9 nitrogen and oxygen atoms in total. The monoisotopic (exact) mass is 552 g/mol. The number of hydrogen-bond acceptors (Lipinski definition) is 7. The Hall–Kier alpha value is -5.09. The second-order valence-electron chi connectivity index (χ2n) is 7.90. The van der Waals surface area contributed by atoms with Gasteiger partial charge in [0.05, 0.1) is 16.8 Å². The number of nitrogens with one attached hydrogen (secondary N) is 3. The standard InChI is InChI=1S/C21H15F3N4.C6H10N2O2.CH2O/c1-13-4-7-15(8-5-13)28-20-16-9-6-14(11-18(16)26-12-27-20)19-17(21(22,23)24)3-2-10-25-19;1-2-7-6(10)8-4-3-5-9;1-2/h2-12H,1H3,(H,26,27,28);3H,2,4H2,1H3,(H2,7,8,10);1H2. The maximum absolute atomic E-state index is 13.3. The van der Waals surface area contributed by atoms with Crippen molar-refractivity contribution >= 4 is 41.2 Å². The van der Waals surface area contributed by atoms with Crippen LogP contribution < -0.4 is 16.0 Å². The van der Waals surface area contributed by atoms with E-state index < -0.39 is 11.7 Å². The van der Waals surface area contributed by atoms with Crippen molar-refractivity contribution in [2.24, 2.45) is 0 Å². The number of urea groups is 1. The topological polar surface area (TPSA) is 126 Å². The van der Waals surface area contributed by atoms with Crippen LogP contribution >= 0.6 is 0 Å². The molecule has 0 saturated heterocycles. The van der Waals surface area contributed by atoms with E-state index in [0.29, 0.717) is 28.8 Å². The van der Waals surface area contributed by atoms with Gasteiger partial charge in [0.25, 0.3) is 0 Å². The molecule has 4 rings (SSSR count). The summed E-state index contributed by atoms with van der Waals surface area (Å²) in [5, 5.41) is 8.85. The first-order valence-electron chi connectivity index (χ1n) is 11.8. The fourth-order valence-corrected chi connectivity index (χ4v) is 3.35. The fourth-order valence-electron chi connectivity index (χ4n) is 3.35. The Morgan fingerprint density at radius 1 is 1.02 bits per heavy atom. The Kier molecular flexibility index (Phi) is 11.9. The molecular formula is C28H27F3N6O3. The summed E-state index contributed by atoms with van der Waals surface area (Å²) >= 11 is 0. The highest BCUT2D eigenvalue weighted by Gasteiger charge is 2.34. The molecule has 4 aromatic rings. The summed E-state index contributed by atoms with van der Waals surface area (Å²) in [6.07, 6.45) is -0.553. The number of aromatic nitrogens is 3. The summed E-state index contributed by atoms with van der Waals surface area (Å²) in [7, 11) is 0. The number of carbonyl (C=O) groups excluding carboxylic acids is 3. The quantitative estimate of drug-likeness (QED) is 0.278. The lowest BCUT2D eigenvalue weighted by Gasteiger charge is -2.13. The van der Waals surface area contributed by atoms with Crippen molar-refractivity contribution in [3.63, 3.8) is 0 Å². The summed E-state index contributed by atoms with van der Waals surface area (Å²) in [5.41, 5.74) is 1.98. The number of anilines is 2. The van der Waals surface area contributed by atoms with E-state index >= 15 is 0 Å². The van der Waals surface area contributed by atoms with Crippen molar-refractivity contribution in [1.29, 1.82) is 0 Å². The Balaban J connectivity index is 0.000000398. The van der Waals surface area contributed by atoms with E-state index in [1.165, 1.54) is 24.7 Å². The summed E-state index contributed by atoms with van der Waals surface area (Å²) in [4.78, 5) is 40.6. The Bertz CT molecular complexity index is 1460. The van der Waals surface area contributed by atoms with Crippen LogP contribution in [-0.2, 0) is 15.8 Å². The Morgan fingerprint density at radius 3 is 2.40 bits per heavy atom. The van der Waals surface area contributed by atoms with E-state index in [9.17, 15) is 22.8 Å². The Labute approximate surface area is 228 Å². The van der Waals surface area contributed by atoms with Crippen molar-refractivity contribution in [1.82, 2.24) is 25.6 Å². The largest absolute Gasteiger partial charge is 0.418 e. The average molecular weight is 553 g/mol. The first-order chi connectivity index (χ1) is 19.2. The van der Waals surface area contributed by atoms with Crippen molar-refractivity contribution in [3.8, 4) is 11.3 Å². The molecule has 0 saturated carbocycles. The molecule has 2 aromatic heterocycles. The van der Waals surface area contributed by atoms with Gasteiger partial charge in [-0.05, 0) is 50.2 Å². The summed E-state index contributed by atoms with van der Waals surface area (Å²) < 4.78 is 39.9. The van der Waals surface area contributed by atoms with Crippen LogP contribution in [0.3, 0.4) is 0 Å². The number of rotatable bonds is 6. The van der Waals surface area contributed by atoms with Gasteiger partial charge in [-0.15, -0.1) is 0 Å². The number of pyridine rings is 1. The van der Waals surface area contributed by atoms with E-state index in [2.05, 4.69) is 30.9 Å². The van der Waals surface area contributed by atoms with Gasteiger partial charge in [-0.2, -0.15) is 13.2 Å². The lowest BCUT2D eigenvalue weighted by Crippen LogP contribution is -2.35. The van der Waals surface area contributed by atoms with E-state index in [1.807, 2.05) is 44.9 Å². The van der Waals surface area contributed by atoms with Crippen molar-refractivity contribution in [3.05, 3.63) is 84.3 Å². The molecule has 0 unspecified atom stereocenters. The Morgan fingerprint density at radius 2 is 1.75 bits per heavy atom. The number of aryl methyl sites for hydroxylation is 1. The number of nitrogens with zero attached hydrogens (tertiary/aromatic N) is 3. The molecule has 2 aromatic carbocycles. The zero-order chi connectivity index (χ0) is 29.5. The van der Waals surface area contributed by atoms with E-state index in [4.69, 9.17) is 4.79 Å². The number of halogens is 3. The molecule has 40 heavy (non-hydrogen) atoms. The minimum Gasteiger partial charge on any atom is -0.340 e. The highest BCUT2D eigenvalue weighted by Crippen LogP contribution is 2.36. The second-order valence-corrected chi connectivity index (χ2v) is 7.90. The van der Waals surface area contributed by atoms with Crippen LogP contribution in [0.4, 0.5) is 29.5 Å². The first-order valence-corrected chi connectivity index (χ1v) is 11.8. The zero-order valence-corrected chi connectivity index (χ0v) is 21.7. The molecule has 0 atom stereocenters. The lowest BCUT2D eigenvalue weighted by atomic mass is 10.0. The van der Waals surface area contributed by atoms with Crippen molar-refractivity contribution in [2.45, 2.75) is 20.0 Å². The molecule has 0 aliphatic heterocycles. The van der Waals surface area contributed by atoms with Crippen LogP contribution in [0.15, 0.2) is 73.2 Å². The van der Waals surface area contributed by atoms with Crippen LogP contribution in [0.1, 0.15) is 18.1 Å². The molecule has 208 valence electrons. The molecule has 12 heteroatoms. The maximum atomic E-state index is 13.3. The first kappa shape index (κ1) is 31.1. The molecule has 0 aliphatic carbocycles. The minimum atomic E-state index is -4.48. The molecule has 0 fully saturated rings. The number of benzene rings is 2. The zero-order valence-electron chi connectivity index (χ0n) is 21.7. The van der Waals surface area contributed by atoms with Crippen LogP contribution in [-0.4, -0.2) is 46.8 Å². The number of amides is 2. The highest BCUT2D eigenvalue weighted by molar-refractivity contribution is 5.93. The van der Waals surface area contributed by atoms with Crippen LogP contribution in [0.5, 0.6) is 0 Å². The lowest BCUT2D eigenvalue weighted by molar-refractivity contribution is -0.137. The third-order valence-electron chi connectivity index (χ3n) is 5.12. The van der Waals surface area contributed by atoms with Gasteiger partial charge < -0.3 is 20.7 Å².